The number of hydrogen-bond donors (Lipinski definition) is 2. The first-order valence-corrected chi connectivity index (χ1v) is 6.12. The molecule has 0 aliphatic heterocycles. The molecule has 0 aliphatic carbocycles. The van der Waals surface area contributed by atoms with Gasteiger partial charge in [0.25, 0.3) is 0 Å². The maximum absolute atomic E-state index is 11.6. The maximum atomic E-state index is 11.6. The van der Waals surface area contributed by atoms with Gasteiger partial charge in [0.15, 0.2) is 0 Å². The van der Waals surface area contributed by atoms with Crippen LogP contribution < -0.4 is 5.32 Å². The first kappa shape index (κ1) is 11.7. The molecule has 0 fully saturated rings. The van der Waals surface area contributed by atoms with Crippen LogP contribution in [0, 0.1) is 0 Å². The molecule has 0 bridgehead atoms. The van der Waals surface area contributed by atoms with Crippen molar-refractivity contribution in [3.05, 3.63) is 22.4 Å². The van der Waals surface area contributed by atoms with Crippen LogP contribution in [0.25, 0.3) is 0 Å². The molecule has 2 aromatic heterocycles. The molecule has 7 heteroatoms. The third-order valence-corrected chi connectivity index (χ3v) is 3.27. The summed E-state index contributed by atoms with van der Waals surface area (Å²) >= 11 is 1.58. The van der Waals surface area contributed by atoms with E-state index in [9.17, 15) is 4.79 Å². The molecule has 1 amide bonds. The summed E-state index contributed by atoms with van der Waals surface area (Å²) in [5.74, 6) is 0.600. The second-order valence-corrected chi connectivity index (χ2v) is 4.78. The third-order valence-electron chi connectivity index (χ3n) is 2.08. The zero-order valence-electron chi connectivity index (χ0n) is 9.60. The Labute approximate surface area is 103 Å². The number of amides is 1. The molecular formula is C10H13N5OS. The zero-order chi connectivity index (χ0) is 12.3. The number of carbonyl (C=O) groups is 1. The largest absolute Gasteiger partial charge is 0.295 e. The van der Waals surface area contributed by atoms with Gasteiger partial charge in [0.05, 0.1) is 17.1 Å². The Hall–Kier alpha value is -1.76. The molecule has 17 heavy (non-hydrogen) atoms. The Bertz CT molecular complexity index is 491. The molecule has 0 saturated heterocycles. The number of H-pyrrole nitrogens is 1. The van der Waals surface area contributed by atoms with Crippen molar-refractivity contribution in [2.45, 2.75) is 26.2 Å². The van der Waals surface area contributed by atoms with Gasteiger partial charge in [0, 0.05) is 11.3 Å². The van der Waals surface area contributed by atoms with Crippen LogP contribution in [0.4, 0.5) is 5.95 Å². The first-order valence-electron chi connectivity index (χ1n) is 5.24. The van der Waals surface area contributed by atoms with Crippen molar-refractivity contribution in [2.75, 3.05) is 5.32 Å². The standard InChI is InChI=1S/C10H13N5OS/c1-6(2)9-13-7(4-17-9)3-8(16)14-10-11-5-12-15-10/h4-6H,3H2,1-2H3,(H2,11,12,14,15,16). The molecule has 0 aliphatic rings. The van der Waals surface area contributed by atoms with E-state index in [0.717, 1.165) is 10.7 Å². The lowest BCUT2D eigenvalue weighted by Gasteiger charge is -1.99. The normalized spacial score (nSPS) is 10.8. The number of rotatable bonds is 4. The minimum atomic E-state index is -0.151. The van der Waals surface area contributed by atoms with Crippen LogP contribution in [0.3, 0.4) is 0 Å². The minimum absolute atomic E-state index is 0.151. The molecule has 6 nitrogen and oxygen atoms in total. The molecular weight excluding hydrogens is 238 g/mol. The van der Waals surface area contributed by atoms with Gasteiger partial charge in [-0.3, -0.25) is 10.1 Å². The monoisotopic (exact) mass is 251 g/mol. The lowest BCUT2D eigenvalue weighted by atomic mass is 10.2. The lowest BCUT2D eigenvalue weighted by Crippen LogP contribution is -2.15. The smallest absolute Gasteiger partial charge is 0.232 e. The summed E-state index contributed by atoms with van der Waals surface area (Å²) in [5, 5.41) is 11.8. The number of anilines is 1. The lowest BCUT2D eigenvalue weighted by molar-refractivity contribution is -0.115. The predicted octanol–water partition coefficient (Wildman–Crippen LogP) is 1.57. The highest BCUT2D eigenvalue weighted by atomic mass is 32.1. The highest BCUT2D eigenvalue weighted by molar-refractivity contribution is 7.09. The average molecular weight is 251 g/mol. The molecule has 0 atom stereocenters. The fraction of sp³-hybridized carbons (Fsp3) is 0.400. The van der Waals surface area contributed by atoms with Crippen LogP contribution in [0.2, 0.25) is 0 Å². The van der Waals surface area contributed by atoms with E-state index in [2.05, 4.69) is 39.3 Å². The fourth-order valence-electron chi connectivity index (χ4n) is 1.28. The number of thiazole rings is 1. The quantitative estimate of drug-likeness (QED) is 0.863. The van der Waals surface area contributed by atoms with E-state index >= 15 is 0 Å². The van der Waals surface area contributed by atoms with Crippen LogP contribution in [-0.4, -0.2) is 26.1 Å². The van der Waals surface area contributed by atoms with Crippen molar-refractivity contribution < 1.29 is 4.79 Å². The second kappa shape index (κ2) is 5.05. The number of aromatic nitrogens is 4. The Morgan fingerprint density at radius 1 is 1.59 bits per heavy atom. The van der Waals surface area contributed by atoms with Crippen LogP contribution in [0.15, 0.2) is 11.7 Å². The summed E-state index contributed by atoms with van der Waals surface area (Å²) in [6.45, 7) is 4.16. The SMILES string of the molecule is CC(C)c1nc(CC(=O)Nc2ncn[nH]2)cs1. The first-order chi connectivity index (χ1) is 8.15. The van der Waals surface area contributed by atoms with Crippen LogP contribution in [0.1, 0.15) is 30.5 Å². The minimum Gasteiger partial charge on any atom is -0.295 e. The summed E-state index contributed by atoms with van der Waals surface area (Å²) in [6.07, 6.45) is 1.60. The fourth-order valence-corrected chi connectivity index (χ4v) is 2.11. The Morgan fingerprint density at radius 2 is 2.41 bits per heavy atom. The van der Waals surface area contributed by atoms with Crippen LogP contribution in [0.5, 0.6) is 0 Å². The van der Waals surface area contributed by atoms with Gasteiger partial charge >= 0.3 is 0 Å². The van der Waals surface area contributed by atoms with E-state index in [1.807, 2.05) is 5.38 Å². The molecule has 0 saturated carbocycles. The average Bonchev–Trinajstić information content (AvgIpc) is 2.88. The summed E-state index contributed by atoms with van der Waals surface area (Å²) in [7, 11) is 0. The van der Waals surface area contributed by atoms with Crippen molar-refractivity contribution in [3.8, 4) is 0 Å². The van der Waals surface area contributed by atoms with Gasteiger partial charge < -0.3 is 0 Å². The Morgan fingerprint density at radius 3 is 3.00 bits per heavy atom. The van der Waals surface area contributed by atoms with E-state index in [0.29, 0.717) is 11.9 Å². The van der Waals surface area contributed by atoms with Gasteiger partial charge in [-0.05, 0) is 0 Å². The Balaban J connectivity index is 1.93. The summed E-state index contributed by atoms with van der Waals surface area (Å²) in [6, 6.07) is 0. The van der Waals surface area contributed by atoms with Crippen LogP contribution >= 0.6 is 11.3 Å². The van der Waals surface area contributed by atoms with Gasteiger partial charge in [-0.15, -0.1) is 11.3 Å². The zero-order valence-corrected chi connectivity index (χ0v) is 10.4. The highest BCUT2D eigenvalue weighted by Gasteiger charge is 2.10. The van der Waals surface area contributed by atoms with Crippen molar-refractivity contribution in [3.63, 3.8) is 0 Å². The second-order valence-electron chi connectivity index (χ2n) is 3.89. The van der Waals surface area contributed by atoms with Gasteiger partial charge in [0.2, 0.25) is 11.9 Å². The number of aromatic amines is 1. The number of carbonyl (C=O) groups excluding carboxylic acids is 1. The Kier molecular flexibility index (Phi) is 3.48. The molecule has 2 N–H and O–H groups in total. The molecule has 2 heterocycles. The van der Waals surface area contributed by atoms with Crippen molar-refractivity contribution >= 4 is 23.2 Å². The van der Waals surface area contributed by atoms with Gasteiger partial charge in [-0.25, -0.2) is 10.1 Å². The molecule has 0 spiro atoms. The van der Waals surface area contributed by atoms with Crippen molar-refractivity contribution in [1.29, 1.82) is 0 Å². The predicted molar refractivity (Wildman–Crippen MR) is 64.9 cm³/mol. The summed E-state index contributed by atoms with van der Waals surface area (Å²) in [5.41, 5.74) is 0.788. The molecule has 90 valence electrons. The van der Waals surface area contributed by atoms with Gasteiger partial charge in [0.1, 0.15) is 6.33 Å². The molecule has 0 radical (unpaired) electrons. The van der Waals surface area contributed by atoms with E-state index in [-0.39, 0.29) is 12.3 Å². The molecule has 0 aromatic carbocycles. The summed E-state index contributed by atoms with van der Waals surface area (Å²) in [4.78, 5) is 19.8. The molecule has 2 aromatic rings. The van der Waals surface area contributed by atoms with E-state index in [1.54, 1.807) is 11.3 Å². The number of nitrogens with zero attached hydrogens (tertiary/aromatic N) is 3. The van der Waals surface area contributed by atoms with Crippen LogP contribution in [-0.2, 0) is 11.2 Å². The van der Waals surface area contributed by atoms with Gasteiger partial charge in [-0.1, -0.05) is 13.8 Å². The maximum Gasteiger partial charge on any atom is 0.232 e. The third kappa shape index (κ3) is 3.10. The van der Waals surface area contributed by atoms with Gasteiger partial charge in [-0.2, -0.15) is 10.1 Å². The number of hydrogen-bond acceptors (Lipinski definition) is 5. The molecule has 0 unspecified atom stereocenters. The van der Waals surface area contributed by atoms with E-state index < -0.39 is 0 Å². The van der Waals surface area contributed by atoms with Crippen molar-refractivity contribution in [2.24, 2.45) is 0 Å². The summed E-state index contributed by atoms with van der Waals surface area (Å²) < 4.78 is 0. The molecule has 2 rings (SSSR count). The topological polar surface area (TPSA) is 83.6 Å². The van der Waals surface area contributed by atoms with Crippen molar-refractivity contribution in [1.82, 2.24) is 20.2 Å². The van der Waals surface area contributed by atoms with E-state index in [1.165, 1.54) is 6.33 Å². The number of nitrogens with one attached hydrogen (secondary N) is 2. The highest BCUT2D eigenvalue weighted by Crippen LogP contribution is 2.19. The van der Waals surface area contributed by atoms with E-state index in [4.69, 9.17) is 0 Å².